The first-order valence-electron chi connectivity index (χ1n) is 10.2. The predicted octanol–water partition coefficient (Wildman–Crippen LogP) is 0.987. The van der Waals surface area contributed by atoms with Crippen molar-refractivity contribution >= 4 is 23.0 Å². The number of piperazine rings is 1. The number of rotatable bonds is 5. The van der Waals surface area contributed by atoms with Crippen LogP contribution in [0.25, 0.3) is 0 Å². The third-order valence-electron chi connectivity index (χ3n) is 6.04. The highest BCUT2D eigenvalue weighted by Gasteiger charge is 2.35. The van der Waals surface area contributed by atoms with Crippen molar-refractivity contribution in [2.24, 2.45) is 14.1 Å². The number of Topliss-reactive ketones (excluding diaryl/α,β-unsaturated/α-hetero) is 1. The van der Waals surface area contributed by atoms with Gasteiger partial charge in [-0.25, -0.2) is 4.79 Å². The molecule has 1 fully saturated rings. The Labute approximate surface area is 190 Å². The summed E-state index contributed by atoms with van der Waals surface area (Å²) in [5.41, 5.74) is 2.36. The molecule has 1 aromatic carbocycles. The molecule has 184 valence electrons. The highest BCUT2D eigenvalue weighted by atomic mass is 19.4. The van der Waals surface area contributed by atoms with E-state index in [9.17, 15) is 37.7 Å². The van der Waals surface area contributed by atoms with Gasteiger partial charge in [-0.3, -0.25) is 33.7 Å². The molecule has 3 rings (SSSR count). The number of hydrogen-bond donors (Lipinski definition) is 1. The van der Waals surface area contributed by atoms with Crippen LogP contribution in [-0.4, -0.2) is 57.0 Å². The minimum atomic E-state index is -4.71. The molecule has 0 bridgehead atoms. The number of hydrogen-bond acceptors (Lipinski definition) is 8. The lowest BCUT2D eigenvalue weighted by molar-refractivity contribution is -0.384. The first-order valence-corrected chi connectivity index (χ1v) is 10.2. The first kappa shape index (κ1) is 25.0. The van der Waals surface area contributed by atoms with Gasteiger partial charge in [0, 0.05) is 46.3 Å². The monoisotopic (exact) mass is 484 g/mol. The number of alkyl halides is 3. The second kappa shape index (κ2) is 8.93. The summed E-state index contributed by atoms with van der Waals surface area (Å²) in [5.74, 6) is -0.827. The van der Waals surface area contributed by atoms with E-state index >= 15 is 0 Å². The number of aromatic nitrogens is 2. The fraction of sp³-hybridized carbons (Fsp3) is 0.450. The van der Waals surface area contributed by atoms with E-state index in [-0.39, 0.29) is 43.2 Å². The molecule has 1 aromatic heterocycles. The number of nitro benzene ring substituents is 1. The predicted molar refractivity (Wildman–Crippen MR) is 117 cm³/mol. The van der Waals surface area contributed by atoms with E-state index in [0.717, 1.165) is 21.3 Å². The second-order valence-electron chi connectivity index (χ2n) is 7.99. The van der Waals surface area contributed by atoms with Crippen LogP contribution >= 0.6 is 0 Å². The number of nitrogens with two attached hydrogens (primary N) is 1. The third kappa shape index (κ3) is 4.40. The summed E-state index contributed by atoms with van der Waals surface area (Å²) < 4.78 is 40.7. The van der Waals surface area contributed by atoms with Crippen LogP contribution in [0.15, 0.2) is 27.8 Å². The zero-order valence-corrected chi connectivity index (χ0v) is 18.6. The smallest absolute Gasteiger partial charge is 0.384 e. The van der Waals surface area contributed by atoms with Gasteiger partial charge in [-0.2, -0.15) is 13.2 Å². The van der Waals surface area contributed by atoms with E-state index in [1.807, 2.05) is 0 Å². The molecule has 0 radical (unpaired) electrons. The van der Waals surface area contributed by atoms with Gasteiger partial charge in [0.05, 0.1) is 16.5 Å². The number of carbonyl (C=O) groups excluding carboxylic acids is 1. The van der Waals surface area contributed by atoms with Gasteiger partial charge in [0.1, 0.15) is 17.1 Å². The molecule has 1 saturated heterocycles. The van der Waals surface area contributed by atoms with Crippen LogP contribution in [0.5, 0.6) is 0 Å². The van der Waals surface area contributed by atoms with Gasteiger partial charge < -0.3 is 10.6 Å². The van der Waals surface area contributed by atoms with E-state index in [1.54, 1.807) is 16.7 Å². The lowest BCUT2D eigenvalue weighted by atomic mass is 10.0. The summed E-state index contributed by atoms with van der Waals surface area (Å²) in [6.45, 7) is 2.46. The number of nitro groups is 1. The van der Waals surface area contributed by atoms with Crippen LogP contribution in [0, 0.1) is 10.1 Å². The minimum Gasteiger partial charge on any atom is -0.384 e. The molecular formula is C20H23F3N6O5. The van der Waals surface area contributed by atoms with Crippen molar-refractivity contribution in [1.82, 2.24) is 14.0 Å². The summed E-state index contributed by atoms with van der Waals surface area (Å²) in [5, 5.41) is 11.4. The molecule has 2 aromatic rings. The van der Waals surface area contributed by atoms with Crippen molar-refractivity contribution in [2.45, 2.75) is 19.1 Å². The number of ketones is 1. The molecule has 1 atom stereocenters. The molecule has 2 N–H and O–H groups in total. The Morgan fingerprint density at radius 1 is 1.12 bits per heavy atom. The van der Waals surface area contributed by atoms with Gasteiger partial charge in [-0.1, -0.05) is 0 Å². The maximum absolute atomic E-state index is 13.1. The topological polar surface area (TPSA) is 137 Å². The molecule has 1 aliphatic rings. The number of benzene rings is 1. The molecule has 1 unspecified atom stereocenters. The number of halogens is 3. The van der Waals surface area contributed by atoms with Gasteiger partial charge in [-0.15, -0.1) is 0 Å². The normalized spacial score (nSPS) is 15.9. The summed E-state index contributed by atoms with van der Waals surface area (Å²) in [6, 6.07) is 1.57. The Hall–Kier alpha value is -3.68. The SMILES string of the molecule is CC(C(=O)c1c(N)n(C)c(=O)n(C)c1=O)N1CCN(c2ccc(C(F)(F)F)cc2[N+](=O)[O-])CC1. The van der Waals surface area contributed by atoms with Gasteiger partial charge in [0.25, 0.3) is 11.2 Å². The number of nitrogens with zero attached hydrogens (tertiary/aromatic N) is 5. The second-order valence-corrected chi connectivity index (χ2v) is 7.99. The standard InChI is InChI=1S/C20H23F3N6O5/c1-11(16(30)15-17(24)25(2)19(32)26(3)18(15)31)27-6-8-28(9-7-27)13-5-4-12(20(21,22)23)10-14(13)29(33)34/h4-5,10-11H,6-9,24H2,1-3H3. The van der Waals surface area contributed by atoms with Crippen LogP contribution in [0.4, 0.5) is 30.4 Å². The molecule has 0 aliphatic carbocycles. The fourth-order valence-electron chi connectivity index (χ4n) is 3.93. The molecule has 0 spiro atoms. The van der Waals surface area contributed by atoms with Gasteiger partial charge in [-0.05, 0) is 19.1 Å². The number of anilines is 2. The Bertz CT molecular complexity index is 1260. The van der Waals surface area contributed by atoms with Crippen LogP contribution < -0.4 is 21.9 Å². The average molecular weight is 484 g/mol. The molecule has 2 heterocycles. The summed E-state index contributed by atoms with van der Waals surface area (Å²) in [6.07, 6.45) is -4.71. The maximum atomic E-state index is 13.1. The number of carbonyl (C=O) groups is 1. The number of nitrogen functional groups attached to an aromatic ring is 1. The van der Waals surface area contributed by atoms with Crippen molar-refractivity contribution < 1.29 is 22.9 Å². The molecule has 1 aliphatic heterocycles. The lowest BCUT2D eigenvalue weighted by Gasteiger charge is -2.38. The Kier molecular flexibility index (Phi) is 6.55. The fourth-order valence-corrected chi connectivity index (χ4v) is 3.93. The van der Waals surface area contributed by atoms with E-state index in [2.05, 4.69) is 0 Å². The van der Waals surface area contributed by atoms with Crippen molar-refractivity contribution in [3.8, 4) is 0 Å². The maximum Gasteiger partial charge on any atom is 0.416 e. The first-order chi connectivity index (χ1) is 15.8. The quantitative estimate of drug-likeness (QED) is 0.377. The van der Waals surface area contributed by atoms with E-state index in [0.29, 0.717) is 6.07 Å². The average Bonchev–Trinajstić information content (AvgIpc) is 2.80. The lowest BCUT2D eigenvalue weighted by Crippen LogP contribution is -2.53. The van der Waals surface area contributed by atoms with Gasteiger partial charge >= 0.3 is 11.9 Å². The zero-order chi connectivity index (χ0) is 25.5. The van der Waals surface area contributed by atoms with Crippen LogP contribution in [0.1, 0.15) is 22.8 Å². The molecular weight excluding hydrogens is 461 g/mol. The Balaban J connectivity index is 1.81. The van der Waals surface area contributed by atoms with Crippen molar-refractivity contribution in [1.29, 1.82) is 0 Å². The van der Waals surface area contributed by atoms with Crippen molar-refractivity contribution in [3.63, 3.8) is 0 Å². The van der Waals surface area contributed by atoms with Crippen LogP contribution in [0.2, 0.25) is 0 Å². The zero-order valence-electron chi connectivity index (χ0n) is 18.6. The van der Waals surface area contributed by atoms with E-state index in [4.69, 9.17) is 5.73 Å². The highest BCUT2D eigenvalue weighted by Crippen LogP contribution is 2.36. The molecule has 0 amide bonds. The summed E-state index contributed by atoms with van der Waals surface area (Å²) in [7, 11) is 2.58. The minimum absolute atomic E-state index is 0.0489. The third-order valence-corrected chi connectivity index (χ3v) is 6.04. The highest BCUT2D eigenvalue weighted by molar-refractivity contribution is 6.03. The van der Waals surface area contributed by atoms with Gasteiger partial charge in [0.15, 0.2) is 5.78 Å². The molecule has 11 nitrogen and oxygen atoms in total. The summed E-state index contributed by atoms with van der Waals surface area (Å²) >= 11 is 0. The Morgan fingerprint density at radius 3 is 2.24 bits per heavy atom. The van der Waals surface area contributed by atoms with Crippen LogP contribution in [-0.2, 0) is 20.3 Å². The molecule has 14 heteroatoms. The van der Waals surface area contributed by atoms with Crippen molar-refractivity contribution in [3.05, 3.63) is 60.3 Å². The van der Waals surface area contributed by atoms with Gasteiger partial charge in [0.2, 0.25) is 0 Å². The largest absolute Gasteiger partial charge is 0.416 e. The van der Waals surface area contributed by atoms with Crippen LogP contribution in [0.3, 0.4) is 0 Å². The van der Waals surface area contributed by atoms with E-state index in [1.165, 1.54) is 14.1 Å². The van der Waals surface area contributed by atoms with E-state index < -0.39 is 45.4 Å². The summed E-state index contributed by atoms with van der Waals surface area (Å²) in [4.78, 5) is 51.4. The Morgan fingerprint density at radius 2 is 1.71 bits per heavy atom. The van der Waals surface area contributed by atoms with Crippen molar-refractivity contribution in [2.75, 3.05) is 36.8 Å². The molecule has 34 heavy (non-hydrogen) atoms. The molecule has 0 saturated carbocycles.